The molecule has 0 aliphatic heterocycles. The van der Waals surface area contributed by atoms with E-state index in [9.17, 15) is 9.59 Å². The van der Waals surface area contributed by atoms with Crippen molar-refractivity contribution in [3.8, 4) is 11.5 Å². The smallest absolute Gasteiger partial charge is 0.357 e. The third-order valence-corrected chi connectivity index (χ3v) is 7.19. The first kappa shape index (κ1) is 25.7. The summed E-state index contributed by atoms with van der Waals surface area (Å²) in [5, 5.41) is 2.34. The van der Waals surface area contributed by atoms with Gasteiger partial charge in [0.2, 0.25) is 0 Å². The number of rotatable bonds is 11. The van der Waals surface area contributed by atoms with E-state index in [-0.39, 0.29) is 18.2 Å². The normalized spacial score (nSPS) is 10.7. The van der Waals surface area contributed by atoms with Crippen molar-refractivity contribution in [3.05, 3.63) is 61.2 Å². The minimum Gasteiger partial charge on any atom is -0.496 e. The summed E-state index contributed by atoms with van der Waals surface area (Å²) in [6.45, 7) is 6.86. The van der Waals surface area contributed by atoms with Gasteiger partial charge in [-0.25, -0.2) is 9.78 Å². The first-order valence-electron chi connectivity index (χ1n) is 11.0. The average Bonchev–Trinajstić information content (AvgIpc) is 3.47. The van der Waals surface area contributed by atoms with E-state index in [0.717, 1.165) is 18.4 Å². The lowest BCUT2D eigenvalue weighted by Gasteiger charge is -2.23. The molecule has 0 saturated heterocycles. The van der Waals surface area contributed by atoms with Crippen molar-refractivity contribution < 1.29 is 23.8 Å². The highest BCUT2D eigenvalue weighted by Crippen LogP contribution is 2.30. The molecule has 1 aromatic carbocycles. The number of hydrogen-bond acceptors (Lipinski definition) is 8. The van der Waals surface area contributed by atoms with Gasteiger partial charge in [-0.1, -0.05) is 0 Å². The number of thiazole rings is 1. The molecule has 9 heteroatoms. The standard InChI is InChI=1S/C25H30N2O5S2/c1-6-32-25(29)20-15-33-23(26-20)14-27(11-7-8-19-10-9-16(2)34-19)24(28)18-12-21(30-4)17(3)22(13-18)31-5/h9-10,12-13,15H,6-8,11,14H2,1-5H3. The number of aromatic nitrogens is 1. The minimum atomic E-state index is -0.455. The van der Waals surface area contributed by atoms with E-state index in [1.807, 2.05) is 6.92 Å². The monoisotopic (exact) mass is 502 g/mol. The molecule has 0 atom stereocenters. The van der Waals surface area contributed by atoms with Gasteiger partial charge in [0, 0.05) is 32.8 Å². The summed E-state index contributed by atoms with van der Waals surface area (Å²) < 4.78 is 16.0. The zero-order chi connectivity index (χ0) is 24.7. The molecule has 0 N–H and O–H groups in total. The van der Waals surface area contributed by atoms with Crippen LogP contribution in [0.4, 0.5) is 0 Å². The van der Waals surface area contributed by atoms with Crippen LogP contribution in [0.15, 0.2) is 29.6 Å². The lowest BCUT2D eigenvalue weighted by Crippen LogP contribution is -2.32. The lowest BCUT2D eigenvalue weighted by molar-refractivity contribution is 0.0520. The van der Waals surface area contributed by atoms with Crippen molar-refractivity contribution >= 4 is 34.6 Å². The molecule has 0 bridgehead atoms. The van der Waals surface area contributed by atoms with E-state index in [0.29, 0.717) is 35.2 Å². The molecule has 0 radical (unpaired) electrons. The summed E-state index contributed by atoms with van der Waals surface area (Å²) >= 11 is 3.12. The number of aryl methyl sites for hydroxylation is 2. The number of esters is 1. The van der Waals surface area contributed by atoms with Crippen molar-refractivity contribution in [1.82, 2.24) is 9.88 Å². The molecule has 3 aromatic rings. The predicted molar refractivity (Wildman–Crippen MR) is 134 cm³/mol. The Balaban J connectivity index is 1.83. The molecule has 182 valence electrons. The van der Waals surface area contributed by atoms with E-state index in [2.05, 4.69) is 24.0 Å². The summed E-state index contributed by atoms with van der Waals surface area (Å²) in [6, 6.07) is 7.72. The van der Waals surface area contributed by atoms with Gasteiger partial charge in [0.25, 0.3) is 5.91 Å². The summed E-state index contributed by atoms with van der Waals surface area (Å²) in [5.41, 5.74) is 1.58. The zero-order valence-corrected chi connectivity index (χ0v) is 21.8. The summed E-state index contributed by atoms with van der Waals surface area (Å²) in [5.74, 6) is 0.585. The van der Waals surface area contributed by atoms with E-state index in [4.69, 9.17) is 14.2 Å². The number of amides is 1. The van der Waals surface area contributed by atoms with Gasteiger partial charge in [0.15, 0.2) is 5.69 Å². The molecular weight excluding hydrogens is 472 g/mol. The van der Waals surface area contributed by atoms with Crippen LogP contribution in [0.2, 0.25) is 0 Å². The molecular formula is C25H30N2O5S2. The largest absolute Gasteiger partial charge is 0.496 e. The Morgan fingerprint density at radius 3 is 2.38 bits per heavy atom. The first-order chi connectivity index (χ1) is 16.4. The fraction of sp³-hybridized carbons (Fsp3) is 0.400. The Labute approximate surface area is 208 Å². The summed E-state index contributed by atoms with van der Waals surface area (Å²) in [6.07, 6.45) is 1.69. The zero-order valence-electron chi connectivity index (χ0n) is 20.2. The van der Waals surface area contributed by atoms with Crippen molar-refractivity contribution in [2.24, 2.45) is 0 Å². The van der Waals surface area contributed by atoms with Crippen LogP contribution in [0.5, 0.6) is 11.5 Å². The maximum Gasteiger partial charge on any atom is 0.357 e. The Kier molecular flexibility index (Phi) is 9.06. The number of nitrogens with zero attached hydrogens (tertiary/aromatic N) is 2. The molecule has 0 aliphatic carbocycles. The minimum absolute atomic E-state index is 0.146. The first-order valence-corrected chi connectivity index (χ1v) is 12.7. The molecule has 7 nitrogen and oxygen atoms in total. The van der Waals surface area contributed by atoms with Crippen molar-refractivity contribution in [1.29, 1.82) is 0 Å². The highest BCUT2D eigenvalue weighted by Gasteiger charge is 2.22. The van der Waals surface area contributed by atoms with Gasteiger partial charge in [-0.3, -0.25) is 4.79 Å². The van der Waals surface area contributed by atoms with Gasteiger partial charge in [-0.2, -0.15) is 0 Å². The third-order valence-electron chi connectivity index (χ3n) is 5.30. The van der Waals surface area contributed by atoms with Crippen LogP contribution < -0.4 is 9.47 Å². The molecule has 0 unspecified atom stereocenters. The third kappa shape index (κ3) is 6.36. The maximum atomic E-state index is 13.6. The second-order valence-corrected chi connectivity index (χ2v) is 10.0. The van der Waals surface area contributed by atoms with E-state index in [1.54, 1.807) is 54.9 Å². The van der Waals surface area contributed by atoms with E-state index >= 15 is 0 Å². The molecule has 0 spiro atoms. The molecule has 3 rings (SSSR count). The number of ether oxygens (including phenoxy) is 3. The van der Waals surface area contributed by atoms with Gasteiger partial charge < -0.3 is 19.1 Å². The van der Waals surface area contributed by atoms with Crippen LogP contribution in [-0.2, 0) is 17.7 Å². The average molecular weight is 503 g/mol. The summed E-state index contributed by atoms with van der Waals surface area (Å²) in [4.78, 5) is 34.3. The number of carbonyl (C=O) groups excluding carboxylic acids is 2. The molecule has 2 aromatic heterocycles. The van der Waals surface area contributed by atoms with Gasteiger partial charge in [-0.15, -0.1) is 22.7 Å². The SMILES string of the molecule is CCOC(=O)c1csc(CN(CCCc2ccc(C)s2)C(=O)c2cc(OC)c(C)c(OC)c2)n1. The molecule has 2 heterocycles. The van der Waals surface area contributed by atoms with Crippen molar-refractivity contribution in [3.63, 3.8) is 0 Å². The molecule has 0 fully saturated rings. The van der Waals surface area contributed by atoms with Crippen LogP contribution in [0, 0.1) is 13.8 Å². The second kappa shape index (κ2) is 12.0. The van der Waals surface area contributed by atoms with E-state index in [1.165, 1.54) is 21.1 Å². The maximum absolute atomic E-state index is 13.6. The Morgan fingerprint density at radius 1 is 1.09 bits per heavy atom. The van der Waals surface area contributed by atoms with Crippen LogP contribution in [0.1, 0.15) is 54.5 Å². The number of carbonyl (C=O) groups is 2. The molecule has 0 saturated carbocycles. The van der Waals surface area contributed by atoms with Crippen molar-refractivity contribution in [2.75, 3.05) is 27.4 Å². The number of hydrogen-bond donors (Lipinski definition) is 0. The Bertz CT molecular complexity index is 1110. The van der Waals surface area contributed by atoms with Gasteiger partial charge in [-0.05, 0) is 57.9 Å². The topological polar surface area (TPSA) is 78.0 Å². The van der Waals surface area contributed by atoms with E-state index < -0.39 is 5.97 Å². The molecule has 0 aliphatic rings. The predicted octanol–water partition coefficient (Wildman–Crippen LogP) is 5.29. The quantitative estimate of drug-likeness (QED) is 0.332. The fourth-order valence-electron chi connectivity index (χ4n) is 3.55. The lowest BCUT2D eigenvalue weighted by atomic mass is 10.1. The number of thiophene rings is 1. The van der Waals surface area contributed by atoms with Gasteiger partial charge in [0.05, 0.1) is 27.4 Å². The Hall–Kier alpha value is -2.91. The van der Waals surface area contributed by atoms with Crippen LogP contribution >= 0.6 is 22.7 Å². The second-order valence-electron chi connectivity index (χ2n) is 7.70. The van der Waals surface area contributed by atoms with Crippen LogP contribution in [0.3, 0.4) is 0 Å². The van der Waals surface area contributed by atoms with Gasteiger partial charge in [0.1, 0.15) is 16.5 Å². The van der Waals surface area contributed by atoms with Crippen LogP contribution in [-0.4, -0.2) is 49.1 Å². The molecule has 34 heavy (non-hydrogen) atoms. The summed E-state index contributed by atoms with van der Waals surface area (Å²) in [7, 11) is 3.15. The Morgan fingerprint density at radius 2 is 1.79 bits per heavy atom. The highest BCUT2D eigenvalue weighted by atomic mass is 32.1. The van der Waals surface area contributed by atoms with Gasteiger partial charge >= 0.3 is 5.97 Å². The van der Waals surface area contributed by atoms with Crippen LogP contribution in [0.25, 0.3) is 0 Å². The molecule has 1 amide bonds. The highest BCUT2D eigenvalue weighted by molar-refractivity contribution is 7.11. The number of benzene rings is 1. The fourth-order valence-corrected chi connectivity index (χ4v) is 5.26. The van der Waals surface area contributed by atoms with Crippen molar-refractivity contribution in [2.45, 2.75) is 40.2 Å². The number of methoxy groups -OCH3 is 2.